The zero-order chi connectivity index (χ0) is 14.5. The lowest BCUT2D eigenvalue weighted by Gasteiger charge is -2.26. The molecular weight excluding hydrogens is 248 g/mol. The molecule has 0 saturated heterocycles. The van der Waals surface area contributed by atoms with E-state index >= 15 is 0 Å². The Morgan fingerprint density at radius 2 is 2.00 bits per heavy atom. The first-order chi connectivity index (χ1) is 9.54. The Morgan fingerprint density at radius 3 is 2.55 bits per heavy atom. The van der Waals surface area contributed by atoms with E-state index in [1.54, 1.807) is 0 Å². The number of nitrogens with one attached hydrogen (secondary N) is 1. The SMILES string of the molecule is CC(C)CNCc1cc(OC2CCC2)nc(C(C)C)c1. The minimum Gasteiger partial charge on any atom is -0.474 e. The lowest BCUT2D eigenvalue weighted by atomic mass is 9.96. The summed E-state index contributed by atoms with van der Waals surface area (Å²) in [5.41, 5.74) is 2.40. The minimum absolute atomic E-state index is 0.390. The van der Waals surface area contributed by atoms with Crippen molar-refractivity contribution in [2.45, 2.75) is 65.5 Å². The van der Waals surface area contributed by atoms with E-state index in [4.69, 9.17) is 4.74 Å². The first kappa shape index (κ1) is 15.3. The summed E-state index contributed by atoms with van der Waals surface area (Å²) in [5.74, 6) is 1.91. The number of rotatable bonds is 7. The number of aromatic nitrogens is 1. The average Bonchev–Trinajstić information content (AvgIpc) is 2.33. The Labute approximate surface area is 123 Å². The van der Waals surface area contributed by atoms with Gasteiger partial charge in [-0.15, -0.1) is 0 Å². The maximum atomic E-state index is 5.97. The first-order valence-corrected chi connectivity index (χ1v) is 7.93. The molecule has 0 unspecified atom stereocenters. The van der Waals surface area contributed by atoms with Gasteiger partial charge in [-0.3, -0.25) is 0 Å². The molecule has 1 heterocycles. The maximum absolute atomic E-state index is 5.97. The van der Waals surface area contributed by atoms with E-state index < -0.39 is 0 Å². The van der Waals surface area contributed by atoms with E-state index in [2.05, 4.69) is 50.1 Å². The van der Waals surface area contributed by atoms with Gasteiger partial charge in [-0.05, 0) is 49.3 Å². The summed E-state index contributed by atoms with van der Waals surface area (Å²) in [6, 6.07) is 4.29. The van der Waals surface area contributed by atoms with E-state index in [1.807, 2.05) is 0 Å². The Kier molecular flexibility index (Phi) is 5.41. The third-order valence-corrected chi connectivity index (χ3v) is 3.69. The van der Waals surface area contributed by atoms with Gasteiger partial charge in [0.2, 0.25) is 5.88 Å². The maximum Gasteiger partial charge on any atom is 0.214 e. The van der Waals surface area contributed by atoms with Gasteiger partial charge < -0.3 is 10.1 Å². The highest BCUT2D eigenvalue weighted by Crippen LogP contribution is 2.26. The highest BCUT2D eigenvalue weighted by Gasteiger charge is 2.20. The summed E-state index contributed by atoms with van der Waals surface area (Å²) < 4.78 is 5.97. The zero-order valence-electron chi connectivity index (χ0n) is 13.3. The molecule has 0 amide bonds. The second-order valence-electron chi connectivity index (χ2n) is 6.59. The van der Waals surface area contributed by atoms with Crippen molar-refractivity contribution < 1.29 is 4.74 Å². The number of hydrogen-bond donors (Lipinski definition) is 1. The molecule has 1 aromatic rings. The standard InChI is InChI=1S/C17H28N2O/c1-12(2)10-18-11-14-8-16(13(3)4)19-17(9-14)20-15-6-5-7-15/h8-9,12-13,15,18H,5-7,10-11H2,1-4H3. The molecule has 0 aromatic carbocycles. The van der Waals surface area contributed by atoms with E-state index in [9.17, 15) is 0 Å². The third kappa shape index (κ3) is 4.48. The monoisotopic (exact) mass is 276 g/mol. The molecule has 0 bridgehead atoms. The smallest absolute Gasteiger partial charge is 0.214 e. The molecule has 112 valence electrons. The number of hydrogen-bond acceptors (Lipinski definition) is 3. The number of pyridine rings is 1. The van der Waals surface area contributed by atoms with E-state index in [0.717, 1.165) is 24.7 Å². The normalized spacial score (nSPS) is 15.7. The van der Waals surface area contributed by atoms with Crippen LogP contribution >= 0.6 is 0 Å². The fourth-order valence-corrected chi connectivity index (χ4v) is 2.20. The highest BCUT2D eigenvalue weighted by molar-refractivity contribution is 5.27. The van der Waals surface area contributed by atoms with Crippen LogP contribution in [0.2, 0.25) is 0 Å². The minimum atomic E-state index is 0.390. The van der Waals surface area contributed by atoms with Crippen LogP contribution in [0.3, 0.4) is 0 Å². The first-order valence-electron chi connectivity index (χ1n) is 7.93. The Bertz CT molecular complexity index is 425. The van der Waals surface area contributed by atoms with Gasteiger partial charge in [-0.2, -0.15) is 0 Å². The average molecular weight is 276 g/mol. The van der Waals surface area contributed by atoms with Crippen molar-refractivity contribution in [1.29, 1.82) is 0 Å². The van der Waals surface area contributed by atoms with Crippen molar-refractivity contribution in [3.05, 3.63) is 23.4 Å². The fraction of sp³-hybridized carbons (Fsp3) is 0.706. The van der Waals surface area contributed by atoms with E-state index in [0.29, 0.717) is 17.9 Å². The second kappa shape index (κ2) is 7.07. The number of ether oxygens (including phenoxy) is 1. The molecule has 1 fully saturated rings. The Balaban J connectivity index is 2.04. The van der Waals surface area contributed by atoms with Crippen LogP contribution in [0, 0.1) is 5.92 Å². The molecule has 3 nitrogen and oxygen atoms in total. The largest absolute Gasteiger partial charge is 0.474 e. The molecule has 0 aliphatic heterocycles. The van der Waals surface area contributed by atoms with Crippen LogP contribution in [-0.2, 0) is 6.54 Å². The highest BCUT2D eigenvalue weighted by atomic mass is 16.5. The van der Waals surface area contributed by atoms with Gasteiger partial charge in [0, 0.05) is 18.3 Å². The van der Waals surface area contributed by atoms with Crippen molar-refractivity contribution in [3.63, 3.8) is 0 Å². The molecule has 0 radical (unpaired) electrons. The summed E-state index contributed by atoms with van der Waals surface area (Å²) in [7, 11) is 0. The zero-order valence-corrected chi connectivity index (χ0v) is 13.3. The third-order valence-electron chi connectivity index (χ3n) is 3.69. The van der Waals surface area contributed by atoms with Gasteiger partial charge in [0.15, 0.2) is 0 Å². The lowest BCUT2D eigenvalue weighted by Crippen LogP contribution is -2.25. The van der Waals surface area contributed by atoms with Gasteiger partial charge >= 0.3 is 0 Å². The molecule has 0 atom stereocenters. The summed E-state index contributed by atoms with van der Waals surface area (Å²) >= 11 is 0. The molecule has 1 aromatic heterocycles. The second-order valence-corrected chi connectivity index (χ2v) is 6.59. The molecule has 1 saturated carbocycles. The van der Waals surface area contributed by atoms with Crippen LogP contribution < -0.4 is 10.1 Å². The summed E-state index contributed by atoms with van der Waals surface area (Å²) in [6.07, 6.45) is 4.03. The van der Waals surface area contributed by atoms with Crippen molar-refractivity contribution >= 4 is 0 Å². The molecular formula is C17H28N2O. The summed E-state index contributed by atoms with van der Waals surface area (Å²) in [5, 5.41) is 3.49. The van der Waals surface area contributed by atoms with Crippen LogP contribution in [0.5, 0.6) is 5.88 Å². The van der Waals surface area contributed by atoms with Crippen molar-refractivity contribution in [3.8, 4) is 5.88 Å². The molecule has 1 aliphatic rings. The molecule has 20 heavy (non-hydrogen) atoms. The van der Waals surface area contributed by atoms with E-state index in [-0.39, 0.29) is 0 Å². The molecule has 2 rings (SSSR count). The van der Waals surface area contributed by atoms with Gasteiger partial charge in [0.05, 0.1) is 0 Å². The lowest BCUT2D eigenvalue weighted by molar-refractivity contribution is 0.114. The quantitative estimate of drug-likeness (QED) is 0.820. The Morgan fingerprint density at radius 1 is 1.25 bits per heavy atom. The van der Waals surface area contributed by atoms with Crippen molar-refractivity contribution in [2.75, 3.05) is 6.54 Å². The van der Waals surface area contributed by atoms with Gasteiger partial charge in [0.25, 0.3) is 0 Å². The number of nitrogens with zero attached hydrogens (tertiary/aromatic N) is 1. The Hall–Kier alpha value is -1.09. The van der Waals surface area contributed by atoms with Crippen LogP contribution in [0.15, 0.2) is 12.1 Å². The van der Waals surface area contributed by atoms with E-state index in [1.165, 1.54) is 24.8 Å². The fourth-order valence-electron chi connectivity index (χ4n) is 2.20. The summed E-state index contributed by atoms with van der Waals surface area (Å²) in [4.78, 5) is 4.65. The topological polar surface area (TPSA) is 34.1 Å². The van der Waals surface area contributed by atoms with Gasteiger partial charge in [-0.1, -0.05) is 27.7 Å². The molecule has 3 heteroatoms. The predicted molar refractivity (Wildman–Crippen MR) is 83.1 cm³/mol. The predicted octanol–water partition coefficient (Wildman–Crippen LogP) is 3.88. The van der Waals surface area contributed by atoms with Crippen LogP contribution in [0.4, 0.5) is 0 Å². The van der Waals surface area contributed by atoms with Gasteiger partial charge in [0.1, 0.15) is 6.10 Å². The van der Waals surface area contributed by atoms with Gasteiger partial charge in [-0.25, -0.2) is 4.98 Å². The molecule has 1 N–H and O–H groups in total. The van der Waals surface area contributed by atoms with Crippen LogP contribution in [-0.4, -0.2) is 17.6 Å². The van der Waals surface area contributed by atoms with Crippen LogP contribution in [0.25, 0.3) is 0 Å². The van der Waals surface area contributed by atoms with Crippen molar-refractivity contribution in [2.24, 2.45) is 5.92 Å². The molecule has 1 aliphatic carbocycles. The molecule has 0 spiro atoms. The summed E-state index contributed by atoms with van der Waals surface area (Å²) in [6.45, 7) is 10.7. The van der Waals surface area contributed by atoms with Crippen LogP contribution in [0.1, 0.15) is 64.1 Å². The van der Waals surface area contributed by atoms with Crippen molar-refractivity contribution in [1.82, 2.24) is 10.3 Å².